The van der Waals surface area contributed by atoms with Crippen molar-refractivity contribution in [3.63, 3.8) is 0 Å². The predicted octanol–water partition coefficient (Wildman–Crippen LogP) is 5.49. The van der Waals surface area contributed by atoms with Crippen LogP contribution < -0.4 is 10.8 Å². The molecule has 6 heteroatoms. The van der Waals surface area contributed by atoms with Crippen LogP contribution in [0.4, 0.5) is 5.69 Å². The van der Waals surface area contributed by atoms with Crippen LogP contribution in [0.1, 0.15) is 68.1 Å². The van der Waals surface area contributed by atoms with Crippen LogP contribution in [0.3, 0.4) is 0 Å². The van der Waals surface area contributed by atoms with Crippen LogP contribution in [-0.2, 0) is 9.31 Å². The zero-order valence-electron chi connectivity index (χ0n) is 20.5. The van der Waals surface area contributed by atoms with Gasteiger partial charge in [-0.05, 0) is 93.9 Å². The first-order chi connectivity index (χ1) is 16.1. The number of amides is 1. The van der Waals surface area contributed by atoms with E-state index in [0.29, 0.717) is 11.5 Å². The highest BCUT2D eigenvalue weighted by atomic mass is 16.7. The summed E-state index contributed by atoms with van der Waals surface area (Å²) >= 11 is 0. The molecule has 2 fully saturated rings. The number of rotatable bonds is 5. The molecule has 0 unspecified atom stereocenters. The van der Waals surface area contributed by atoms with Gasteiger partial charge in [-0.15, -0.1) is 0 Å². The highest BCUT2D eigenvalue weighted by Crippen LogP contribution is 2.39. The topological polar surface area (TPSA) is 60.5 Å². The van der Waals surface area contributed by atoms with Crippen LogP contribution in [-0.4, -0.2) is 29.2 Å². The molecular weight excluding hydrogens is 423 g/mol. The molecule has 2 aromatic carbocycles. The molecule has 1 aliphatic heterocycles. The number of hydrogen-bond donors (Lipinski definition) is 1. The maximum atomic E-state index is 12.9. The summed E-state index contributed by atoms with van der Waals surface area (Å²) in [6.45, 7) is 10.3. The van der Waals surface area contributed by atoms with E-state index < -0.39 is 7.12 Å². The van der Waals surface area contributed by atoms with Crippen molar-refractivity contribution in [2.24, 2.45) is 0 Å². The quantitative estimate of drug-likeness (QED) is 0.519. The molecule has 5 nitrogen and oxygen atoms in total. The molecule has 5 rings (SSSR count). The summed E-state index contributed by atoms with van der Waals surface area (Å²) in [6, 6.07) is 17.9. The standard InChI is InChI=1S/C28H31BN2O3/c1-18-9-12-23(31-26(32)21-13-14-30-25(16-21)19-10-11-19)17-24(18)20-7-6-8-22(15-20)29-33-27(2,3)28(4,5)34-29/h6-9,12-17,19H,10-11H2,1-5H3,(H,31,32). The molecule has 1 saturated heterocycles. The molecule has 3 aromatic rings. The number of pyridine rings is 1. The van der Waals surface area contributed by atoms with Crippen molar-refractivity contribution in [2.75, 3.05) is 5.32 Å². The second kappa shape index (κ2) is 8.37. The largest absolute Gasteiger partial charge is 0.494 e. The third-order valence-electron chi connectivity index (χ3n) is 7.26. The van der Waals surface area contributed by atoms with Crippen molar-refractivity contribution in [1.82, 2.24) is 4.98 Å². The molecule has 1 N–H and O–H groups in total. The van der Waals surface area contributed by atoms with E-state index >= 15 is 0 Å². The van der Waals surface area contributed by atoms with Crippen LogP contribution in [0.15, 0.2) is 60.8 Å². The van der Waals surface area contributed by atoms with E-state index in [1.807, 2.05) is 36.4 Å². The lowest BCUT2D eigenvalue weighted by Crippen LogP contribution is -2.41. The summed E-state index contributed by atoms with van der Waals surface area (Å²) < 4.78 is 12.5. The number of nitrogens with one attached hydrogen (secondary N) is 1. The van der Waals surface area contributed by atoms with E-state index in [1.165, 1.54) is 0 Å². The van der Waals surface area contributed by atoms with Crippen molar-refractivity contribution >= 4 is 24.2 Å². The average molecular weight is 454 g/mol. The number of carbonyl (C=O) groups excluding carboxylic acids is 1. The Hall–Kier alpha value is -2.96. The molecule has 1 aromatic heterocycles. The first-order valence-electron chi connectivity index (χ1n) is 12.0. The molecular formula is C28H31BN2O3. The smallest absolute Gasteiger partial charge is 0.399 e. The Labute approximate surface area is 202 Å². The first kappa shape index (κ1) is 22.8. The Bertz CT molecular complexity index is 1230. The van der Waals surface area contributed by atoms with Gasteiger partial charge in [-0.1, -0.05) is 30.3 Å². The third-order valence-corrected chi connectivity index (χ3v) is 7.26. The number of hydrogen-bond acceptors (Lipinski definition) is 4. The Morgan fingerprint density at radius 2 is 1.74 bits per heavy atom. The molecule has 0 bridgehead atoms. The second-order valence-corrected chi connectivity index (χ2v) is 10.4. The minimum absolute atomic E-state index is 0.120. The summed E-state index contributed by atoms with van der Waals surface area (Å²) in [4.78, 5) is 17.3. The molecule has 2 heterocycles. The van der Waals surface area contributed by atoms with Gasteiger partial charge in [-0.2, -0.15) is 0 Å². The van der Waals surface area contributed by atoms with Crippen molar-refractivity contribution in [3.8, 4) is 11.1 Å². The fraction of sp³-hybridized carbons (Fsp3) is 0.357. The minimum Gasteiger partial charge on any atom is -0.399 e. The maximum absolute atomic E-state index is 12.9. The van der Waals surface area contributed by atoms with Gasteiger partial charge in [0.25, 0.3) is 5.91 Å². The summed E-state index contributed by atoms with van der Waals surface area (Å²) in [5.74, 6) is 0.389. The molecule has 34 heavy (non-hydrogen) atoms. The monoisotopic (exact) mass is 454 g/mol. The van der Waals surface area contributed by atoms with Gasteiger partial charge in [0.2, 0.25) is 0 Å². The molecule has 1 amide bonds. The molecule has 174 valence electrons. The SMILES string of the molecule is Cc1ccc(NC(=O)c2ccnc(C3CC3)c2)cc1-c1cccc(B2OC(C)(C)C(C)(C)O2)c1. The number of aromatic nitrogens is 1. The fourth-order valence-electron chi connectivity index (χ4n) is 4.24. The van der Waals surface area contributed by atoms with E-state index in [9.17, 15) is 4.79 Å². The summed E-state index contributed by atoms with van der Waals surface area (Å²) in [5.41, 5.74) is 5.86. The molecule has 2 aliphatic rings. The Balaban J connectivity index is 1.39. The van der Waals surface area contributed by atoms with Crippen molar-refractivity contribution in [3.05, 3.63) is 77.6 Å². The zero-order valence-corrected chi connectivity index (χ0v) is 20.5. The third kappa shape index (κ3) is 4.40. The Morgan fingerprint density at radius 1 is 1.00 bits per heavy atom. The number of anilines is 1. The van der Waals surface area contributed by atoms with E-state index in [-0.39, 0.29) is 17.1 Å². The molecule has 0 radical (unpaired) electrons. The van der Waals surface area contributed by atoms with Gasteiger partial charge in [0.15, 0.2) is 0 Å². The van der Waals surface area contributed by atoms with Crippen LogP contribution in [0.5, 0.6) is 0 Å². The number of benzene rings is 2. The van der Waals surface area contributed by atoms with Crippen LogP contribution >= 0.6 is 0 Å². The van der Waals surface area contributed by atoms with Crippen molar-refractivity contribution < 1.29 is 14.1 Å². The maximum Gasteiger partial charge on any atom is 0.494 e. The van der Waals surface area contributed by atoms with Gasteiger partial charge in [0, 0.05) is 29.1 Å². The number of nitrogens with zero attached hydrogens (tertiary/aromatic N) is 1. The minimum atomic E-state index is -0.416. The average Bonchev–Trinajstić information content (AvgIpc) is 3.62. The highest BCUT2D eigenvalue weighted by Gasteiger charge is 2.51. The highest BCUT2D eigenvalue weighted by molar-refractivity contribution is 6.62. The van der Waals surface area contributed by atoms with E-state index in [0.717, 1.165) is 46.4 Å². The molecule has 0 atom stereocenters. The zero-order chi connectivity index (χ0) is 24.1. The van der Waals surface area contributed by atoms with Gasteiger partial charge < -0.3 is 14.6 Å². The fourth-order valence-corrected chi connectivity index (χ4v) is 4.24. The second-order valence-electron chi connectivity index (χ2n) is 10.4. The molecule has 0 spiro atoms. The summed E-state index contributed by atoms with van der Waals surface area (Å²) in [7, 11) is -0.416. The lowest BCUT2D eigenvalue weighted by molar-refractivity contribution is 0.00578. The number of aryl methyl sites for hydroxylation is 1. The van der Waals surface area contributed by atoms with Gasteiger partial charge in [-0.25, -0.2) is 0 Å². The van der Waals surface area contributed by atoms with E-state index in [2.05, 4.69) is 57.1 Å². The van der Waals surface area contributed by atoms with Crippen molar-refractivity contribution in [1.29, 1.82) is 0 Å². The lowest BCUT2D eigenvalue weighted by Gasteiger charge is -2.32. The van der Waals surface area contributed by atoms with E-state index in [4.69, 9.17) is 9.31 Å². The van der Waals surface area contributed by atoms with Gasteiger partial charge >= 0.3 is 7.12 Å². The normalized spacial score (nSPS) is 18.7. The van der Waals surface area contributed by atoms with Crippen LogP contribution in [0.25, 0.3) is 11.1 Å². The molecule has 1 saturated carbocycles. The predicted molar refractivity (Wildman–Crippen MR) is 136 cm³/mol. The van der Waals surface area contributed by atoms with Gasteiger partial charge in [0.1, 0.15) is 0 Å². The summed E-state index contributed by atoms with van der Waals surface area (Å²) in [5, 5.41) is 3.06. The van der Waals surface area contributed by atoms with Crippen molar-refractivity contribution in [2.45, 2.75) is 64.6 Å². The Kier molecular flexibility index (Phi) is 5.61. The van der Waals surface area contributed by atoms with Gasteiger partial charge in [0.05, 0.1) is 11.2 Å². The van der Waals surface area contributed by atoms with E-state index in [1.54, 1.807) is 12.3 Å². The molecule has 1 aliphatic carbocycles. The van der Waals surface area contributed by atoms with Crippen LogP contribution in [0, 0.1) is 6.92 Å². The van der Waals surface area contributed by atoms with Gasteiger partial charge in [-0.3, -0.25) is 9.78 Å². The van der Waals surface area contributed by atoms with Crippen LogP contribution in [0.2, 0.25) is 0 Å². The Morgan fingerprint density at radius 3 is 2.44 bits per heavy atom. The summed E-state index contributed by atoms with van der Waals surface area (Å²) in [6.07, 6.45) is 4.04. The lowest BCUT2D eigenvalue weighted by atomic mass is 9.77. The first-order valence-corrected chi connectivity index (χ1v) is 12.0. The number of carbonyl (C=O) groups is 1.